The van der Waals surface area contributed by atoms with Gasteiger partial charge < -0.3 is 4.90 Å². The molecule has 0 bridgehead atoms. The number of benzene rings is 1. The normalized spacial score (nSPS) is 13.9. The molecule has 4 nitrogen and oxygen atoms in total. The molecular weight excluding hydrogens is 344 g/mol. The van der Waals surface area contributed by atoms with Crippen molar-refractivity contribution in [1.82, 2.24) is 9.80 Å². The number of carbonyl (C=O) groups is 2. The molecule has 24 heavy (non-hydrogen) atoms. The Bertz CT molecular complexity index is 724. The minimum absolute atomic E-state index is 0.169. The van der Waals surface area contributed by atoms with Crippen LogP contribution >= 0.6 is 22.9 Å². The second-order valence-corrected chi connectivity index (χ2v) is 7.76. The fraction of sp³-hybridized carbons (Fsp3) is 0.333. The van der Waals surface area contributed by atoms with E-state index in [0.717, 1.165) is 30.3 Å². The van der Waals surface area contributed by atoms with Gasteiger partial charge in [-0.25, -0.2) is 0 Å². The van der Waals surface area contributed by atoms with Crippen LogP contribution in [0.15, 0.2) is 36.4 Å². The first kappa shape index (κ1) is 17.1. The third-order valence-corrected chi connectivity index (χ3v) is 5.32. The standard InChI is InChI=1S/C18H19ClN2O2S/c1-20(12-13-8-9-16(19)24-13)10-4-5-11-21-17(22)14-6-2-3-7-15(14)18(21)23/h2-3,6-9H,4-5,10-12H2,1H3. The van der Waals surface area contributed by atoms with Gasteiger partial charge >= 0.3 is 0 Å². The molecule has 1 aromatic carbocycles. The molecule has 0 saturated carbocycles. The fourth-order valence-electron chi connectivity index (χ4n) is 2.88. The third-order valence-electron chi connectivity index (χ3n) is 4.10. The largest absolute Gasteiger partial charge is 0.301 e. The maximum atomic E-state index is 12.3. The predicted molar refractivity (Wildman–Crippen MR) is 96.7 cm³/mol. The van der Waals surface area contributed by atoms with Crippen LogP contribution in [0.2, 0.25) is 4.34 Å². The van der Waals surface area contributed by atoms with E-state index in [-0.39, 0.29) is 11.8 Å². The Kier molecular flexibility index (Phi) is 5.33. The number of halogens is 1. The number of carbonyl (C=O) groups excluding carboxylic acids is 2. The van der Waals surface area contributed by atoms with E-state index in [0.29, 0.717) is 17.7 Å². The molecule has 1 aliphatic heterocycles. The smallest absolute Gasteiger partial charge is 0.261 e. The third kappa shape index (κ3) is 3.69. The van der Waals surface area contributed by atoms with E-state index in [1.54, 1.807) is 35.6 Å². The number of hydrogen-bond acceptors (Lipinski definition) is 4. The summed E-state index contributed by atoms with van der Waals surface area (Å²) in [6, 6.07) is 11.0. The summed E-state index contributed by atoms with van der Waals surface area (Å²) in [4.78, 5) is 29.4. The van der Waals surface area contributed by atoms with Gasteiger partial charge in [0.15, 0.2) is 0 Å². The fourth-order valence-corrected chi connectivity index (χ4v) is 4.04. The number of amides is 2. The number of fused-ring (bicyclic) bond motifs is 1. The Morgan fingerprint density at radius 1 is 1.04 bits per heavy atom. The van der Waals surface area contributed by atoms with E-state index >= 15 is 0 Å². The molecule has 2 aromatic rings. The van der Waals surface area contributed by atoms with Crippen LogP contribution in [0.3, 0.4) is 0 Å². The Labute approximate surface area is 150 Å². The van der Waals surface area contributed by atoms with Crippen molar-refractivity contribution in [1.29, 1.82) is 0 Å². The van der Waals surface area contributed by atoms with Gasteiger partial charge in [0, 0.05) is 18.0 Å². The molecule has 2 amide bonds. The molecule has 0 atom stereocenters. The maximum Gasteiger partial charge on any atom is 0.261 e. The highest BCUT2D eigenvalue weighted by atomic mass is 35.5. The highest BCUT2D eigenvalue weighted by Crippen LogP contribution is 2.23. The molecule has 0 radical (unpaired) electrons. The summed E-state index contributed by atoms with van der Waals surface area (Å²) >= 11 is 7.54. The maximum absolute atomic E-state index is 12.3. The van der Waals surface area contributed by atoms with Gasteiger partial charge in [-0.05, 0) is 50.7 Å². The minimum atomic E-state index is -0.169. The number of thiophene rings is 1. The van der Waals surface area contributed by atoms with Crippen LogP contribution in [-0.4, -0.2) is 41.8 Å². The van der Waals surface area contributed by atoms with Crippen LogP contribution in [0.4, 0.5) is 0 Å². The van der Waals surface area contributed by atoms with Gasteiger partial charge in [-0.15, -0.1) is 11.3 Å². The lowest BCUT2D eigenvalue weighted by atomic mass is 10.1. The average Bonchev–Trinajstić information content (AvgIpc) is 3.08. The molecular formula is C18H19ClN2O2S. The highest BCUT2D eigenvalue weighted by molar-refractivity contribution is 7.16. The second-order valence-electron chi connectivity index (χ2n) is 5.96. The number of imide groups is 1. The average molecular weight is 363 g/mol. The number of unbranched alkanes of at least 4 members (excludes halogenated alkanes) is 1. The molecule has 0 aliphatic carbocycles. The van der Waals surface area contributed by atoms with E-state index in [1.807, 2.05) is 12.1 Å². The van der Waals surface area contributed by atoms with Gasteiger partial charge in [-0.2, -0.15) is 0 Å². The Hall–Kier alpha value is -1.69. The van der Waals surface area contributed by atoms with E-state index < -0.39 is 0 Å². The summed E-state index contributed by atoms with van der Waals surface area (Å²) in [5.41, 5.74) is 1.04. The topological polar surface area (TPSA) is 40.6 Å². The lowest BCUT2D eigenvalue weighted by Crippen LogP contribution is -2.31. The van der Waals surface area contributed by atoms with E-state index in [4.69, 9.17) is 11.6 Å². The molecule has 126 valence electrons. The van der Waals surface area contributed by atoms with Crippen LogP contribution in [0.25, 0.3) is 0 Å². The molecule has 0 spiro atoms. The van der Waals surface area contributed by atoms with Crippen molar-refractivity contribution in [3.05, 3.63) is 56.7 Å². The number of nitrogens with zero attached hydrogens (tertiary/aromatic N) is 2. The molecule has 3 rings (SSSR count). The lowest BCUT2D eigenvalue weighted by Gasteiger charge is -2.17. The number of hydrogen-bond donors (Lipinski definition) is 0. The summed E-state index contributed by atoms with van der Waals surface area (Å²) < 4.78 is 0.809. The van der Waals surface area contributed by atoms with Crippen molar-refractivity contribution < 1.29 is 9.59 Å². The van der Waals surface area contributed by atoms with Crippen molar-refractivity contribution in [2.75, 3.05) is 20.1 Å². The van der Waals surface area contributed by atoms with Gasteiger partial charge in [0.05, 0.1) is 15.5 Å². The monoisotopic (exact) mass is 362 g/mol. The number of rotatable bonds is 7. The first-order valence-electron chi connectivity index (χ1n) is 7.94. The predicted octanol–water partition coefficient (Wildman–Crippen LogP) is 3.91. The minimum Gasteiger partial charge on any atom is -0.301 e. The second kappa shape index (κ2) is 7.47. The van der Waals surface area contributed by atoms with Gasteiger partial charge in [-0.3, -0.25) is 14.5 Å². The highest BCUT2D eigenvalue weighted by Gasteiger charge is 2.34. The molecule has 1 aliphatic rings. The van der Waals surface area contributed by atoms with Gasteiger partial charge in [0.25, 0.3) is 11.8 Å². The van der Waals surface area contributed by atoms with Crippen molar-refractivity contribution in [2.45, 2.75) is 19.4 Å². The van der Waals surface area contributed by atoms with Crippen molar-refractivity contribution >= 4 is 34.8 Å². The van der Waals surface area contributed by atoms with Gasteiger partial charge in [0.1, 0.15) is 0 Å². The van der Waals surface area contributed by atoms with Crippen LogP contribution in [0.1, 0.15) is 38.4 Å². The van der Waals surface area contributed by atoms with E-state index in [9.17, 15) is 9.59 Å². The zero-order chi connectivity index (χ0) is 17.1. The summed E-state index contributed by atoms with van der Waals surface area (Å²) in [5.74, 6) is -0.339. The van der Waals surface area contributed by atoms with Crippen LogP contribution < -0.4 is 0 Å². The summed E-state index contributed by atoms with van der Waals surface area (Å²) in [6.45, 7) is 2.26. The zero-order valence-corrected chi connectivity index (χ0v) is 15.1. The summed E-state index contributed by atoms with van der Waals surface area (Å²) in [7, 11) is 2.07. The summed E-state index contributed by atoms with van der Waals surface area (Å²) in [6.07, 6.45) is 1.74. The molecule has 2 heterocycles. The SMILES string of the molecule is CN(CCCCN1C(=O)c2ccccc2C1=O)Cc1ccc(Cl)s1. The van der Waals surface area contributed by atoms with Crippen molar-refractivity contribution in [3.63, 3.8) is 0 Å². The van der Waals surface area contributed by atoms with Crippen LogP contribution in [-0.2, 0) is 6.54 Å². The van der Waals surface area contributed by atoms with Crippen molar-refractivity contribution in [2.24, 2.45) is 0 Å². The zero-order valence-electron chi connectivity index (χ0n) is 13.5. The van der Waals surface area contributed by atoms with Gasteiger partial charge in [0.2, 0.25) is 0 Å². The van der Waals surface area contributed by atoms with Crippen molar-refractivity contribution in [3.8, 4) is 0 Å². The van der Waals surface area contributed by atoms with Crippen LogP contribution in [0.5, 0.6) is 0 Å². The van der Waals surface area contributed by atoms with E-state index in [2.05, 4.69) is 11.9 Å². The molecule has 1 aromatic heterocycles. The molecule has 6 heteroatoms. The Morgan fingerprint density at radius 3 is 2.29 bits per heavy atom. The lowest BCUT2D eigenvalue weighted by molar-refractivity contribution is 0.0650. The Balaban J connectivity index is 1.44. The first-order valence-corrected chi connectivity index (χ1v) is 9.13. The van der Waals surface area contributed by atoms with Gasteiger partial charge in [-0.1, -0.05) is 23.7 Å². The quantitative estimate of drug-likeness (QED) is 0.554. The first-order chi connectivity index (χ1) is 11.6. The molecule has 0 saturated heterocycles. The summed E-state index contributed by atoms with van der Waals surface area (Å²) in [5, 5.41) is 0. The molecule has 0 N–H and O–H groups in total. The van der Waals surface area contributed by atoms with E-state index in [1.165, 1.54) is 9.78 Å². The van der Waals surface area contributed by atoms with Crippen LogP contribution in [0, 0.1) is 0 Å². The molecule has 0 unspecified atom stereocenters. The Morgan fingerprint density at radius 2 is 1.71 bits per heavy atom. The molecule has 0 fully saturated rings.